The van der Waals surface area contributed by atoms with Crippen LogP contribution in [0.2, 0.25) is 0 Å². The first-order valence-electron chi connectivity index (χ1n) is 11.0. The summed E-state index contributed by atoms with van der Waals surface area (Å²) in [6, 6.07) is 2.30. The Balaban J connectivity index is 0.000000280. The second-order valence-electron chi connectivity index (χ2n) is 9.67. The highest BCUT2D eigenvalue weighted by Crippen LogP contribution is 2.32. The molecule has 2 fully saturated rings. The number of hydrogen-bond donors (Lipinski definition) is 0. The molecule has 0 aliphatic carbocycles. The van der Waals surface area contributed by atoms with Crippen LogP contribution in [0.3, 0.4) is 0 Å². The number of nitrogens with zero attached hydrogens (tertiary/aromatic N) is 4. The molecule has 0 bridgehead atoms. The topological polar surface area (TPSA) is 13.0 Å². The summed E-state index contributed by atoms with van der Waals surface area (Å²) >= 11 is 0. The molecule has 0 spiro atoms. The molecule has 0 aromatic heterocycles. The third-order valence-corrected chi connectivity index (χ3v) is 8.77. The van der Waals surface area contributed by atoms with Gasteiger partial charge >= 0.3 is 0 Å². The summed E-state index contributed by atoms with van der Waals surface area (Å²) < 4.78 is 0. The maximum atomic E-state index is 4.16. The Morgan fingerprint density at radius 3 is 0.714 bits per heavy atom. The molecule has 2 heterocycles. The zero-order valence-corrected chi connectivity index (χ0v) is 20.8. The standard InChI is InChI=1S/2C12H24N2/c2*1-8-9(2)11(4)14(7)12(5)13(6)10(8)3/h2*8-11H,5H2,1-4,6-7H3. The van der Waals surface area contributed by atoms with E-state index < -0.39 is 0 Å². The van der Waals surface area contributed by atoms with Crippen molar-refractivity contribution < 1.29 is 0 Å². The van der Waals surface area contributed by atoms with E-state index in [4.69, 9.17) is 0 Å². The largest absolute Gasteiger partial charge is 0.359 e. The highest BCUT2D eigenvalue weighted by molar-refractivity contribution is 5.02. The van der Waals surface area contributed by atoms with Gasteiger partial charge in [-0.2, -0.15) is 0 Å². The van der Waals surface area contributed by atoms with Gasteiger partial charge in [0.15, 0.2) is 0 Å². The second-order valence-corrected chi connectivity index (χ2v) is 9.67. The Hall–Kier alpha value is -1.32. The van der Waals surface area contributed by atoms with Gasteiger partial charge in [-0.25, -0.2) is 0 Å². The van der Waals surface area contributed by atoms with Gasteiger partial charge in [0.2, 0.25) is 0 Å². The van der Waals surface area contributed by atoms with Gasteiger partial charge in [0.25, 0.3) is 0 Å². The lowest BCUT2D eigenvalue weighted by Gasteiger charge is -2.33. The highest BCUT2D eigenvalue weighted by Gasteiger charge is 2.35. The monoisotopic (exact) mass is 392 g/mol. The fourth-order valence-corrected chi connectivity index (χ4v) is 4.61. The summed E-state index contributed by atoms with van der Waals surface area (Å²) in [5.74, 6) is 5.10. The average molecular weight is 393 g/mol. The van der Waals surface area contributed by atoms with Gasteiger partial charge in [-0.05, 0) is 51.4 Å². The van der Waals surface area contributed by atoms with E-state index >= 15 is 0 Å². The first-order valence-corrected chi connectivity index (χ1v) is 11.0. The molecule has 0 aromatic carbocycles. The van der Waals surface area contributed by atoms with E-state index in [0.29, 0.717) is 47.8 Å². The van der Waals surface area contributed by atoms with Gasteiger partial charge in [0.1, 0.15) is 0 Å². The van der Waals surface area contributed by atoms with Gasteiger partial charge < -0.3 is 19.6 Å². The van der Waals surface area contributed by atoms with E-state index in [1.807, 2.05) is 0 Å². The zero-order chi connectivity index (χ0) is 22.1. The molecular weight excluding hydrogens is 344 g/mol. The third-order valence-electron chi connectivity index (χ3n) is 8.77. The minimum Gasteiger partial charge on any atom is -0.359 e. The summed E-state index contributed by atoms with van der Waals surface area (Å²) in [5.41, 5.74) is 0. The Labute approximate surface area is 176 Å². The molecule has 0 saturated carbocycles. The molecule has 2 aliphatic heterocycles. The predicted molar refractivity (Wildman–Crippen MR) is 124 cm³/mol. The minimum atomic E-state index is 0.574. The molecule has 8 atom stereocenters. The molecule has 4 heteroatoms. The van der Waals surface area contributed by atoms with E-state index in [9.17, 15) is 0 Å². The zero-order valence-electron chi connectivity index (χ0n) is 20.8. The first kappa shape index (κ1) is 24.7. The maximum absolute atomic E-state index is 4.16. The highest BCUT2D eigenvalue weighted by atomic mass is 15.3. The Morgan fingerprint density at radius 1 is 0.429 bits per heavy atom. The fraction of sp³-hybridized carbons (Fsp3) is 0.833. The first-order chi connectivity index (χ1) is 12.7. The summed E-state index contributed by atoms with van der Waals surface area (Å²) in [6.45, 7) is 26.8. The van der Waals surface area contributed by atoms with E-state index in [0.717, 1.165) is 11.6 Å². The molecular formula is C24H48N4. The molecule has 0 aromatic rings. The summed E-state index contributed by atoms with van der Waals surface area (Å²) in [5, 5.41) is 0. The van der Waals surface area contributed by atoms with Crippen LogP contribution in [-0.2, 0) is 0 Å². The molecule has 0 radical (unpaired) electrons. The van der Waals surface area contributed by atoms with Crippen LogP contribution in [-0.4, -0.2) is 72.0 Å². The molecule has 0 N–H and O–H groups in total. The van der Waals surface area contributed by atoms with Crippen molar-refractivity contribution in [2.75, 3.05) is 28.2 Å². The van der Waals surface area contributed by atoms with Crippen molar-refractivity contribution in [3.05, 3.63) is 24.8 Å². The molecule has 4 nitrogen and oxygen atoms in total. The molecule has 2 saturated heterocycles. The smallest absolute Gasteiger partial charge is 0.0964 e. The average Bonchev–Trinajstić information content (AvgIpc) is 2.77. The van der Waals surface area contributed by atoms with Gasteiger partial charge in [-0.15, -0.1) is 0 Å². The van der Waals surface area contributed by atoms with Crippen molar-refractivity contribution in [2.24, 2.45) is 23.7 Å². The van der Waals surface area contributed by atoms with Crippen LogP contribution in [0.1, 0.15) is 55.4 Å². The van der Waals surface area contributed by atoms with Crippen molar-refractivity contribution in [3.8, 4) is 0 Å². The lowest BCUT2D eigenvalue weighted by molar-refractivity contribution is 0.212. The van der Waals surface area contributed by atoms with Crippen LogP contribution >= 0.6 is 0 Å². The van der Waals surface area contributed by atoms with Crippen LogP contribution < -0.4 is 0 Å². The molecule has 164 valence electrons. The Kier molecular flexibility index (Phi) is 8.34. The van der Waals surface area contributed by atoms with Crippen LogP contribution in [0.25, 0.3) is 0 Å². The quantitative estimate of drug-likeness (QED) is 0.589. The molecule has 8 unspecified atom stereocenters. The third kappa shape index (κ3) is 4.63. The summed E-state index contributed by atoms with van der Waals surface area (Å²) in [7, 11) is 8.57. The SMILES string of the molecule is C=C1N(C)C(C)C(C)C(C)C(C)N1C.C=C1N(C)C(C)C(C)C(C)C(C)N1C. The second kappa shape index (κ2) is 9.45. The van der Waals surface area contributed by atoms with Crippen LogP contribution in [0.5, 0.6) is 0 Å². The van der Waals surface area contributed by atoms with Crippen molar-refractivity contribution in [1.82, 2.24) is 19.6 Å². The van der Waals surface area contributed by atoms with Crippen LogP contribution in [0.15, 0.2) is 24.8 Å². The Morgan fingerprint density at radius 2 is 0.571 bits per heavy atom. The van der Waals surface area contributed by atoms with Crippen molar-refractivity contribution in [1.29, 1.82) is 0 Å². The lowest BCUT2D eigenvalue weighted by atomic mass is 9.85. The van der Waals surface area contributed by atoms with E-state index in [-0.39, 0.29) is 0 Å². The fourth-order valence-electron chi connectivity index (χ4n) is 4.61. The molecule has 28 heavy (non-hydrogen) atoms. The van der Waals surface area contributed by atoms with Crippen molar-refractivity contribution in [2.45, 2.75) is 79.6 Å². The molecule has 0 amide bonds. The van der Waals surface area contributed by atoms with Gasteiger partial charge in [-0.3, -0.25) is 0 Å². The van der Waals surface area contributed by atoms with Crippen molar-refractivity contribution >= 4 is 0 Å². The predicted octanol–water partition coefficient (Wildman–Crippen LogP) is 4.77. The normalized spacial score (nSPS) is 40.0. The molecule has 2 aliphatic rings. The molecule has 2 rings (SSSR count). The maximum Gasteiger partial charge on any atom is 0.0964 e. The van der Waals surface area contributed by atoms with Crippen LogP contribution in [0, 0.1) is 23.7 Å². The number of rotatable bonds is 0. The number of hydrogen-bond acceptors (Lipinski definition) is 4. The van der Waals surface area contributed by atoms with Gasteiger partial charge in [0, 0.05) is 52.4 Å². The lowest BCUT2D eigenvalue weighted by Crippen LogP contribution is -2.35. The minimum absolute atomic E-state index is 0.574. The van der Waals surface area contributed by atoms with E-state index in [2.05, 4.69) is 116 Å². The Bertz CT molecular complexity index is 453. The van der Waals surface area contributed by atoms with E-state index in [1.54, 1.807) is 0 Å². The van der Waals surface area contributed by atoms with Crippen LogP contribution in [0.4, 0.5) is 0 Å². The van der Waals surface area contributed by atoms with Crippen molar-refractivity contribution in [3.63, 3.8) is 0 Å². The van der Waals surface area contributed by atoms with E-state index in [1.165, 1.54) is 0 Å². The summed E-state index contributed by atoms with van der Waals surface area (Å²) in [6.07, 6.45) is 0. The summed E-state index contributed by atoms with van der Waals surface area (Å²) in [4.78, 5) is 9.19. The van der Waals surface area contributed by atoms with Gasteiger partial charge in [-0.1, -0.05) is 40.9 Å². The van der Waals surface area contributed by atoms with Gasteiger partial charge in [0.05, 0.1) is 11.6 Å².